The van der Waals surface area contributed by atoms with E-state index in [1.807, 2.05) is 0 Å². The second kappa shape index (κ2) is 14.7. The third-order valence-corrected chi connectivity index (χ3v) is 5.88. The number of benzene rings is 1. The number of ether oxygens (including phenoxy) is 4. The number of nitrogens with one attached hydrogen (secondary N) is 2. The molecule has 42 heavy (non-hydrogen) atoms. The Morgan fingerprint density at radius 3 is 2.52 bits per heavy atom. The van der Waals surface area contributed by atoms with E-state index in [1.165, 1.54) is 12.3 Å². The molecule has 1 aromatic heterocycles. The van der Waals surface area contributed by atoms with Gasteiger partial charge in [-0.3, -0.25) is 14.6 Å². The summed E-state index contributed by atoms with van der Waals surface area (Å²) in [7, 11) is 0. The van der Waals surface area contributed by atoms with Gasteiger partial charge in [0.15, 0.2) is 0 Å². The zero-order valence-corrected chi connectivity index (χ0v) is 23.8. The number of nitriles is 1. The van der Waals surface area contributed by atoms with Crippen LogP contribution in [-0.4, -0.2) is 98.0 Å². The van der Waals surface area contributed by atoms with Crippen LogP contribution in [0.15, 0.2) is 30.5 Å². The van der Waals surface area contributed by atoms with Gasteiger partial charge in [-0.1, -0.05) is 0 Å². The average Bonchev–Trinajstić information content (AvgIpc) is 3.25. The number of likely N-dealkylation sites (tertiary alicyclic amines) is 1. The molecule has 1 fully saturated rings. The predicted molar refractivity (Wildman–Crippen MR) is 146 cm³/mol. The fourth-order valence-corrected chi connectivity index (χ4v) is 4.04. The predicted octanol–water partition coefficient (Wildman–Crippen LogP) is 2.66. The van der Waals surface area contributed by atoms with E-state index in [9.17, 15) is 23.2 Å². The lowest BCUT2D eigenvalue weighted by Crippen LogP contribution is -2.43. The van der Waals surface area contributed by atoms with Crippen molar-refractivity contribution in [3.05, 3.63) is 36.0 Å². The molecule has 1 atom stereocenters. The van der Waals surface area contributed by atoms with Gasteiger partial charge in [0.05, 0.1) is 56.7 Å². The summed E-state index contributed by atoms with van der Waals surface area (Å²) in [6.07, 6.45) is 0.207. The lowest BCUT2D eigenvalue weighted by Gasteiger charge is -2.19. The molecule has 0 saturated carbocycles. The molecule has 228 valence electrons. The minimum absolute atomic E-state index is 0.219. The van der Waals surface area contributed by atoms with Crippen LogP contribution >= 0.6 is 0 Å². The Hall–Kier alpha value is -4.09. The highest BCUT2D eigenvalue weighted by molar-refractivity contribution is 6.07. The number of rotatable bonds is 13. The maximum atomic E-state index is 13.7. The quantitative estimate of drug-likeness (QED) is 0.335. The monoisotopic (exact) mass is 591 g/mol. The van der Waals surface area contributed by atoms with Crippen molar-refractivity contribution in [3.8, 4) is 11.8 Å². The van der Waals surface area contributed by atoms with Crippen LogP contribution in [0.25, 0.3) is 10.9 Å². The van der Waals surface area contributed by atoms with Gasteiger partial charge >= 0.3 is 6.09 Å². The summed E-state index contributed by atoms with van der Waals surface area (Å²) >= 11 is 0. The molecule has 0 radical (unpaired) electrons. The van der Waals surface area contributed by atoms with Crippen LogP contribution in [0, 0.1) is 11.3 Å². The van der Waals surface area contributed by atoms with Gasteiger partial charge in [0.2, 0.25) is 5.91 Å². The summed E-state index contributed by atoms with van der Waals surface area (Å²) in [6.45, 7) is 5.72. The van der Waals surface area contributed by atoms with E-state index < -0.39 is 55.0 Å². The molecule has 2 N–H and O–H groups in total. The number of hydrogen-bond acceptors (Lipinski definition) is 9. The maximum absolute atomic E-state index is 13.7. The first-order valence-electron chi connectivity index (χ1n) is 13.4. The summed E-state index contributed by atoms with van der Waals surface area (Å²) < 4.78 is 49.0. The molecule has 0 spiro atoms. The molecular weight excluding hydrogens is 556 g/mol. The third-order valence-electron chi connectivity index (χ3n) is 5.88. The smallest absolute Gasteiger partial charge is 0.407 e. The molecule has 1 aliphatic heterocycles. The fourth-order valence-electron chi connectivity index (χ4n) is 4.04. The number of hydrogen-bond donors (Lipinski definition) is 2. The van der Waals surface area contributed by atoms with Gasteiger partial charge in [0.25, 0.3) is 11.8 Å². The Labute approximate surface area is 242 Å². The second-order valence-corrected chi connectivity index (χ2v) is 10.4. The van der Waals surface area contributed by atoms with E-state index >= 15 is 0 Å². The first-order chi connectivity index (χ1) is 19.9. The highest BCUT2D eigenvalue weighted by Crippen LogP contribution is 2.31. The minimum atomic E-state index is -3.14. The van der Waals surface area contributed by atoms with Crippen molar-refractivity contribution in [1.82, 2.24) is 20.5 Å². The molecule has 0 unspecified atom stereocenters. The standard InChI is InChI=1S/C28H35F2N5O7/c1-27(2,3)42-26(38)33-8-9-39-10-11-40-12-13-41-20-4-5-23-22(14-20)21(6-7-32-23)25(37)34-17-24(36)35-18-28(29,30)15-19(35)16-31/h4-7,14,19H,8-13,15,17-18H2,1-3H3,(H,33,38)(H,34,37)/t19-/m0/s1. The van der Waals surface area contributed by atoms with E-state index in [1.54, 1.807) is 45.0 Å². The van der Waals surface area contributed by atoms with Gasteiger partial charge in [-0.15, -0.1) is 0 Å². The lowest BCUT2D eigenvalue weighted by atomic mass is 10.1. The average molecular weight is 592 g/mol. The van der Waals surface area contributed by atoms with Gasteiger partial charge in [0.1, 0.15) is 24.0 Å². The molecule has 12 nitrogen and oxygen atoms in total. The molecule has 1 saturated heterocycles. The Bertz CT molecular complexity index is 1300. The summed E-state index contributed by atoms with van der Waals surface area (Å²) in [5.74, 6) is -4.04. The number of carbonyl (C=O) groups is 3. The van der Waals surface area contributed by atoms with E-state index in [2.05, 4.69) is 15.6 Å². The maximum Gasteiger partial charge on any atom is 0.407 e. The number of alkyl carbamates (subject to hydrolysis) is 1. The molecule has 2 heterocycles. The Balaban J connectivity index is 1.40. The third kappa shape index (κ3) is 10.1. The molecule has 2 aromatic rings. The number of amides is 3. The highest BCUT2D eigenvalue weighted by atomic mass is 19.3. The van der Waals surface area contributed by atoms with Crippen molar-refractivity contribution >= 4 is 28.8 Å². The SMILES string of the molecule is CC(C)(C)OC(=O)NCCOCCOCCOc1ccc2nccc(C(=O)NCC(=O)N3CC(F)(F)C[C@H]3C#N)c2c1. The van der Waals surface area contributed by atoms with E-state index in [0.29, 0.717) is 43.0 Å². The molecule has 3 rings (SSSR count). The van der Waals surface area contributed by atoms with Crippen molar-refractivity contribution in [2.24, 2.45) is 0 Å². The molecule has 14 heteroatoms. The first kappa shape index (κ1) is 32.4. The highest BCUT2D eigenvalue weighted by Gasteiger charge is 2.47. The number of aromatic nitrogens is 1. The number of carbonyl (C=O) groups excluding carboxylic acids is 3. The van der Waals surface area contributed by atoms with Gasteiger partial charge in [-0.05, 0) is 45.0 Å². The molecule has 3 amide bonds. The van der Waals surface area contributed by atoms with Crippen LogP contribution < -0.4 is 15.4 Å². The van der Waals surface area contributed by atoms with Crippen molar-refractivity contribution < 1.29 is 42.1 Å². The fraction of sp³-hybridized carbons (Fsp3) is 0.536. The van der Waals surface area contributed by atoms with E-state index in [4.69, 9.17) is 24.2 Å². The molecule has 0 bridgehead atoms. The van der Waals surface area contributed by atoms with Crippen LogP contribution in [-0.2, 0) is 19.0 Å². The van der Waals surface area contributed by atoms with Crippen molar-refractivity contribution in [2.75, 3.05) is 52.7 Å². The first-order valence-corrected chi connectivity index (χ1v) is 13.4. The minimum Gasteiger partial charge on any atom is -0.491 e. The molecule has 1 aromatic carbocycles. The summed E-state index contributed by atoms with van der Waals surface area (Å²) in [5, 5.41) is 14.6. The zero-order chi connectivity index (χ0) is 30.8. The Morgan fingerprint density at radius 2 is 1.81 bits per heavy atom. The van der Waals surface area contributed by atoms with Crippen molar-refractivity contribution in [1.29, 1.82) is 5.26 Å². The van der Waals surface area contributed by atoms with Gasteiger partial charge in [-0.25, -0.2) is 13.6 Å². The second-order valence-electron chi connectivity index (χ2n) is 10.4. The molecule has 1 aliphatic rings. The molecule has 0 aliphatic carbocycles. The largest absolute Gasteiger partial charge is 0.491 e. The Morgan fingerprint density at radius 1 is 1.10 bits per heavy atom. The van der Waals surface area contributed by atoms with Gasteiger partial charge in [-0.2, -0.15) is 5.26 Å². The summed E-state index contributed by atoms with van der Waals surface area (Å²) in [6, 6.07) is 6.94. The van der Waals surface area contributed by atoms with Crippen molar-refractivity contribution in [3.63, 3.8) is 0 Å². The van der Waals surface area contributed by atoms with E-state index in [0.717, 1.165) is 4.90 Å². The Kier molecular flexibility index (Phi) is 11.3. The van der Waals surface area contributed by atoms with Crippen LogP contribution in [0.1, 0.15) is 37.6 Å². The van der Waals surface area contributed by atoms with E-state index in [-0.39, 0.29) is 18.8 Å². The topological polar surface area (TPSA) is 152 Å². The van der Waals surface area contributed by atoms with Gasteiger partial charge in [0, 0.05) is 24.5 Å². The number of pyridine rings is 1. The summed E-state index contributed by atoms with van der Waals surface area (Å²) in [4.78, 5) is 41.9. The number of halogens is 2. The lowest BCUT2D eigenvalue weighted by molar-refractivity contribution is -0.131. The molecular formula is C28H35F2N5O7. The van der Waals surface area contributed by atoms with Crippen LogP contribution in [0.5, 0.6) is 5.75 Å². The summed E-state index contributed by atoms with van der Waals surface area (Å²) in [5.41, 5.74) is 0.170. The number of nitrogens with zero attached hydrogens (tertiary/aromatic N) is 3. The van der Waals surface area contributed by atoms with Crippen LogP contribution in [0.4, 0.5) is 13.6 Å². The number of alkyl halides is 2. The number of fused-ring (bicyclic) bond motifs is 1. The van der Waals surface area contributed by atoms with Crippen molar-refractivity contribution in [2.45, 2.75) is 44.8 Å². The zero-order valence-electron chi connectivity index (χ0n) is 23.8. The normalized spacial score (nSPS) is 16.1. The van der Waals surface area contributed by atoms with Crippen LogP contribution in [0.2, 0.25) is 0 Å². The van der Waals surface area contributed by atoms with Gasteiger partial charge < -0.3 is 34.5 Å². The van der Waals surface area contributed by atoms with Crippen LogP contribution in [0.3, 0.4) is 0 Å².